The van der Waals surface area contributed by atoms with E-state index >= 15 is 0 Å². The second kappa shape index (κ2) is 4.21. The van der Waals surface area contributed by atoms with Crippen LogP contribution in [0.5, 0.6) is 0 Å². The molecule has 0 unspecified atom stereocenters. The minimum atomic E-state index is -0.0785. The van der Waals surface area contributed by atoms with Crippen LogP contribution in [0, 0.1) is 17.8 Å². The number of carbonyl (C=O) groups is 1. The maximum Gasteiger partial charge on any atom is 0.287 e. The van der Waals surface area contributed by atoms with Gasteiger partial charge in [0.05, 0.1) is 6.26 Å². The summed E-state index contributed by atoms with van der Waals surface area (Å²) in [7, 11) is 0. The third kappa shape index (κ3) is 1.99. The van der Waals surface area contributed by atoms with Gasteiger partial charge >= 0.3 is 0 Å². The van der Waals surface area contributed by atoms with E-state index in [0.29, 0.717) is 11.7 Å². The third-order valence-corrected chi connectivity index (χ3v) is 4.54. The molecule has 1 heterocycles. The molecule has 1 aromatic heterocycles. The molecular weight excluding hydrogens is 214 g/mol. The van der Waals surface area contributed by atoms with Gasteiger partial charge in [-0.2, -0.15) is 0 Å². The Morgan fingerprint density at radius 3 is 2.94 bits per heavy atom. The summed E-state index contributed by atoms with van der Waals surface area (Å²) in [6.07, 6.45) is 6.98. The molecule has 17 heavy (non-hydrogen) atoms. The van der Waals surface area contributed by atoms with Crippen molar-refractivity contribution in [2.24, 2.45) is 17.8 Å². The first-order valence-corrected chi connectivity index (χ1v) is 6.58. The minimum absolute atomic E-state index is 0.0785. The molecular formula is C14H19NO2. The highest BCUT2D eigenvalue weighted by molar-refractivity contribution is 5.91. The zero-order chi connectivity index (χ0) is 11.8. The smallest absolute Gasteiger partial charge is 0.287 e. The molecule has 3 rings (SSSR count). The van der Waals surface area contributed by atoms with Crippen molar-refractivity contribution in [3.63, 3.8) is 0 Å². The summed E-state index contributed by atoms with van der Waals surface area (Å²) in [6.45, 7) is 2.13. The molecule has 3 heteroatoms. The Hall–Kier alpha value is -1.25. The Kier molecular flexibility index (Phi) is 2.69. The summed E-state index contributed by atoms with van der Waals surface area (Å²) < 4.78 is 5.11. The van der Waals surface area contributed by atoms with Crippen molar-refractivity contribution in [3.8, 4) is 0 Å². The number of nitrogens with one attached hydrogen (secondary N) is 1. The average molecular weight is 233 g/mol. The minimum Gasteiger partial charge on any atom is -0.459 e. The van der Waals surface area contributed by atoms with Gasteiger partial charge in [0.1, 0.15) is 0 Å². The molecule has 2 fully saturated rings. The Balaban J connectivity index is 1.60. The van der Waals surface area contributed by atoms with Crippen LogP contribution in [-0.2, 0) is 0 Å². The maximum absolute atomic E-state index is 11.9. The molecule has 1 N–H and O–H groups in total. The predicted octanol–water partition coefficient (Wildman–Crippen LogP) is 2.83. The van der Waals surface area contributed by atoms with Crippen molar-refractivity contribution in [1.29, 1.82) is 0 Å². The predicted molar refractivity (Wildman–Crippen MR) is 64.6 cm³/mol. The molecule has 2 saturated carbocycles. The van der Waals surface area contributed by atoms with E-state index in [1.54, 1.807) is 12.1 Å². The van der Waals surface area contributed by atoms with Gasteiger partial charge in [0.15, 0.2) is 5.76 Å². The summed E-state index contributed by atoms with van der Waals surface area (Å²) in [6, 6.07) is 3.72. The van der Waals surface area contributed by atoms with Crippen LogP contribution >= 0.6 is 0 Å². The lowest BCUT2D eigenvalue weighted by Gasteiger charge is -2.28. The molecule has 92 valence electrons. The highest BCUT2D eigenvalue weighted by Crippen LogP contribution is 2.49. The molecule has 2 aliphatic rings. The molecule has 0 aromatic carbocycles. The van der Waals surface area contributed by atoms with Crippen molar-refractivity contribution in [2.45, 2.75) is 38.6 Å². The summed E-state index contributed by atoms with van der Waals surface area (Å²) in [4.78, 5) is 11.9. The zero-order valence-electron chi connectivity index (χ0n) is 10.2. The van der Waals surface area contributed by atoms with Gasteiger partial charge in [0.2, 0.25) is 0 Å². The molecule has 2 bridgehead atoms. The van der Waals surface area contributed by atoms with E-state index in [2.05, 4.69) is 12.2 Å². The highest BCUT2D eigenvalue weighted by atomic mass is 16.3. The lowest BCUT2D eigenvalue weighted by Crippen LogP contribution is -2.39. The SMILES string of the molecule is C[C@@H](NC(=O)c1ccco1)[C@@H]1C[C@@H]2CC[C@@H]1C2. The van der Waals surface area contributed by atoms with Crippen LogP contribution in [0.25, 0.3) is 0 Å². The lowest BCUT2D eigenvalue weighted by molar-refractivity contribution is 0.0887. The fraction of sp³-hybridized carbons (Fsp3) is 0.643. The standard InChI is InChI=1S/C14H19NO2/c1-9(12-8-10-4-5-11(12)7-10)15-14(16)13-3-2-6-17-13/h2-3,6,9-12H,4-5,7-8H2,1H3,(H,15,16)/t9-,10-,11-,12+/m1/s1. The van der Waals surface area contributed by atoms with Gasteiger partial charge in [0.25, 0.3) is 5.91 Å². The first-order valence-electron chi connectivity index (χ1n) is 6.58. The van der Waals surface area contributed by atoms with Gasteiger partial charge < -0.3 is 9.73 Å². The summed E-state index contributed by atoms with van der Waals surface area (Å²) in [5.41, 5.74) is 0. The molecule has 2 aliphatic carbocycles. The monoisotopic (exact) mass is 233 g/mol. The number of hydrogen-bond acceptors (Lipinski definition) is 2. The maximum atomic E-state index is 11.9. The molecule has 0 radical (unpaired) electrons. The van der Waals surface area contributed by atoms with E-state index in [-0.39, 0.29) is 11.9 Å². The van der Waals surface area contributed by atoms with Crippen molar-refractivity contribution in [1.82, 2.24) is 5.32 Å². The van der Waals surface area contributed by atoms with Crippen LogP contribution in [0.2, 0.25) is 0 Å². The highest BCUT2D eigenvalue weighted by Gasteiger charge is 2.42. The summed E-state index contributed by atoms with van der Waals surface area (Å²) in [5, 5.41) is 3.08. The van der Waals surface area contributed by atoms with Crippen molar-refractivity contribution >= 4 is 5.91 Å². The first kappa shape index (κ1) is 10.9. The largest absolute Gasteiger partial charge is 0.459 e. The van der Waals surface area contributed by atoms with Crippen molar-refractivity contribution in [3.05, 3.63) is 24.2 Å². The Labute approximate surface area is 102 Å². The van der Waals surface area contributed by atoms with Gasteiger partial charge in [-0.15, -0.1) is 0 Å². The van der Waals surface area contributed by atoms with Crippen LogP contribution < -0.4 is 5.32 Å². The van der Waals surface area contributed by atoms with Crippen LogP contribution in [0.15, 0.2) is 22.8 Å². The zero-order valence-corrected chi connectivity index (χ0v) is 10.2. The van der Waals surface area contributed by atoms with E-state index in [9.17, 15) is 4.79 Å². The number of amides is 1. The van der Waals surface area contributed by atoms with Crippen LogP contribution in [0.1, 0.15) is 43.2 Å². The van der Waals surface area contributed by atoms with Gasteiger partial charge in [-0.3, -0.25) is 4.79 Å². The van der Waals surface area contributed by atoms with Gasteiger partial charge in [-0.05, 0) is 56.1 Å². The number of hydrogen-bond donors (Lipinski definition) is 1. The van der Waals surface area contributed by atoms with Crippen LogP contribution in [-0.4, -0.2) is 11.9 Å². The molecule has 4 atom stereocenters. The van der Waals surface area contributed by atoms with Gasteiger partial charge in [-0.25, -0.2) is 0 Å². The lowest BCUT2D eigenvalue weighted by atomic mass is 9.84. The fourth-order valence-corrected chi connectivity index (χ4v) is 3.70. The Morgan fingerprint density at radius 1 is 1.47 bits per heavy atom. The van der Waals surface area contributed by atoms with Gasteiger partial charge in [0, 0.05) is 6.04 Å². The van der Waals surface area contributed by atoms with E-state index in [0.717, 1.165) is 11.8 Å². The van der Waals surface area contributed by atoms with E-state index in [1.165, 1.54) is 31.9 Å². The summed E-state index contributed by atoms with van der Waals surface area (Å²) in [5.74, 6) is 2.78. The van der Waals surface area contributed by atoms with E-state index in [1.807, 2.05) is 0 Å². The van der Waals surface area contributed by atoms with Crippen molar-refractivity contribution in [2.75, 3.05) is 0 Å². The quantitative estimate of drug-likeness (QED) is 0.872. The average Bonchev–Trinajstić information content (AvgIpc) is 3.05. The third-order valence-electron chi connectivity index (χ3n) is 4.54. The molecule has 0 saturated heterocycles. The molecule has 0 spiro atoms. The normalized spacial score (nSPS) is 32.6. The topological polar surface area (TPSA) is 42.2 Å². The molecule has 1 amide bonds. The Morgan fingerprint density at radius 2 is 2.35 bits per heavy atom. The van der Waals surface area contributed by atoms with Gasteiger partial charge in [-0.1, -0.05) is 6.42 Å². The molecule has 3 nitrogen and oxygen atoms in total. The van der Waals surface area contributed by atoms with Crippen molar-refractivity contribution < 1.29 is 9.21 Å². The second-order valence-electron chi connectivity index (χ2n) is 5.58. The molecule has 0 aliphatic heterocycles. The Bertz CT molecular complexity index is 398. The number of furan rings is 1. The number of fused-ring (bicyclic) bond motifs is 2. The van der Waals surface area contributed by atoms with E-state index in [4.69, 9.17) is 4.42 Å². The second-order valence-corrected chi connectivity index (χ2v) is 5.58. The number of rotatable bonds is 3. The molecule has 1 aromatic rings. The number of carbonyl (C=O) groups excluding carboxylic acids is 1. The fourth-order valence-electron chi connectivity index (χ4n) is 3.70. The van der Waals surface area contributed by atoms with Crippen LogP contribution in [0.3, 0.4) is 0 Å². The van der Waals surface area contributed by atoms with E-state index < -0.39 is 0 Å². The van der Waals surface area contributed by atoms with Crippen LogP contribution in [0.4, 0.5) is 0 Å². The summed E-state index contributed by atoms with van der Waals surface area (Å²) >= 11 is 0. The first-order chi connectivity index (χ1) is 8.24.